The Balaban J connectivity index is 1.28. The summed E-state index contributed by atoms with van der Waals surface area (Å²) in [6.07, 6.45) is 6.03. The Kier molecular flexibility index (Phi) is 5.47. The number of aromatic nitrogens is 4. The average Bonchev–Trinajstić information content (AvgIpc) is 3.31. The molecule has 0 spiro atoms. The fourth-order valence-electron chi connectivity index (χ4n) is 3.13. The summed E-state index contributed by atoms with van der Waals surface area (Å²) in [6.45, 7) is 6.18. The van der Waals surface area contributed by atoms with E-state index in [-0.39, 0.29) is 6.10 Å². The van der Waals surface area contributed by atoms with Gasteiger partial charge in [-0.2, -0.15) is 5.10 Å². The molecule has 4 rings (SSSR count). The molecule has 1 N–H and O–H groups in total. The SMILES string of the molecule is C[C@@H]1CN(c2ccc(CNCc3nc(-c4cnn(C)c4)cs3)cn2)CCO1. The van der Waals surface area contributed by atoms with Crippen molar-refractivity contribution in [2.24, 2.45) is 7.05 Å². The summed E-state index contributed by atoms with van der Waals surface area (Å²) in [5.41, 5.74) is 3.21. The van der Waals surface area contributed by atoms with E-state index in [4.69, 9.17) is 4.74 Å². The molecule has 27 heavy (non-hydrogen) atoms. The molecule has 0 bridgehead atoms. The number of ether oxygens (including phenoxy) is 1. The molecule has 7 nitrogen and oxygen atoms in total. The molecule has 1 aliphatic heterocycles. The van der Waals surface area contributed by atoms with Gasteiger partial charge in [-0.1, -0.05) is 6.07 Å². The van der Waals surface area contributed by atoms with Crippen molar-refractivity contribution >= 4 is 17.2 Å². The number of nitrogens with one attached hydrogen (secondary N) is 1. The fraction of sp³-hybridized carbons (Fsp3) is 0.421. The standard InChI is InChI=1S/C19H24N6OS/c1-14-11-25(5-6-26-14)18-4-3-15(8-21-18)7-20-10-19-23-17(13-27-19)16-9-22-24(2)12-16/h3-4,8-9,12-14,20H,5-7,10-11H2,1-2H3/t14-/m1/s1. The zero-order chi connectivity index (χ0) is 18.6. The monoisotopic (exact) mass is 384 g/mol. The van der Waals surface area contributed by atoms with Crippen LogP contribution in [0.1, 0.15) is 17.5 Å². The van der Waals surface area contributed by atoms with Crippen LogP contribution >= 0.6 is 11.3 Å². The second-order valence-corrected chi connectivity index (χ2v) is 7.73. The van der Waals surface area contributed by atoms with Gasteiger partial charge in [-0.25, -0.2) is 9.97 Å². The normalized spacial score (nSPS) is 17.4. The Hall–Kier alpha value is -2.29. The first-order valence-corrected chi connectivity index (χ1v) is 10.0. The number of aryl methyl sites for hydroxylation is 1. The predicted molar refractivity (Wildman–Crippen MR) is 107 cm³/mol. The minimum absolute atomic E-state index is 0.261. The first-order chi connectivity index (χ1) is 13.2. The molecule has 0 amide bonds. The van der Waals surface area contributed by atoms with Crippen molar-refractivity contribution in [3.63, 3.8) is 0 Å². The molecule has 0 aliphatic carbocycles. The number of thiazole rings is 1. The van der Waals surface area contributed by atoms with Gasteiger partial charge < -0.3 is 15.0 Å². The number of nitrogens with zero attached hydrogens (tertiary/aromatic N) is 5. The summed E-state index contributed by atoms with van der Waals surface area (Å²) in [5.74, 6) is 1.02. The van der Waals surface area contributed by atoms with E-state index < -0.39 is 0 Å². The Labute approximate surface area is 163 Å². The van der Waals surface area contributed by atoms with Gasteiger partial charge in [-0.15, -0.1) is 11.3 Å². The van der Waals surface area contributed by atoms with Crippen LogP contribution in [0.3, 0.4) is 0 Å². The van der Waals surface area contributed by atoms with E-state index in [0.29, 0.717) is 0 Å². The topological polar surface area (TPSA) is 68.1 Å². The lowest BCUT2D eigenvalue weighted by molar-refractivity contribution is 0.0529. The van der Waals surface area contributed by atoms with Gasteiger partial charge in [0.25, 0.3) is 0 Å². The number of hydrogen-bond donors (Lipinski definition) is 1. The van der Waals surface area contributed by atoms with Crippen molar-refractivity contribution in [3.8, 4) is 11.3 Å². The molecule has 0 aromatic carbocycles. The Bertz CT molecular complexity index is 874. The van der Waals surface area contributed by atoms with Gasteiger partial charge in [-0.05, 0) is 18.6 Å². The minimum atomic E-state index is 0.261. The maximum Gasteiger partial charge on any atom is 0.128 e. The summed E-state index contributed by atoms with van der Waals surface area (Å²) in [6, 6.07) is 4.23. The number of morpholine rings is 1. The van der Waals surface area contributed by atoms with E-state index >= 15 is 0 Å². The average molecular weight is 385 g/mol. The minimum Gasteiger partial charge on any atom is -0.375 e. The van der Waals surface area contributed by atoms with Crippen molar-refractivity contribution in [2.75, 3.05) is 24.6 Å². The Morgan fingerprint density at radius 3 is 2.96 bits per heavy atom. The molecule has 0 saturated carbocycles. The highest BCUT2D eigenvalue weighted by Crippen LogP contribution is 2.21. The van der Waals surface area contributed by atoms with E-state index in [9.17, 15) is 0 Å². The quantitative estimate of drug-likeness (QED) is 0.704. The second-order valence-electron chi connectivity index (χ2n) is 6.78. The summed E-state index contributed by atoms with van der Waals surface area (Å²) >= 11 is 1.67. The van der Waals surface area contributed by atoms with Crippen molar-refractivity contribution in [3.05, 3.63) is 46.7 Å². The first kappa shape index (κ1) is 18.1. The van der Waals surface area contributed by atoms with Gasteiger partial charge in [0.1, 0.15) is 10.8 Å². The van der Waals surface area contributed by atoms with Crippen LogP contribution in [-0.2, 0) is 24.9 Å². The largest absolute Gasteiger partial charge is 0.375 e. The maximum atomic E-state index is 5.59. The second kappa shape index (κ2) is 8.16. The van der Waals surface area contributed by atoms with Crippen LogP contribution in [0.4, 0.5) is 5.82 Å². The molecule has 4 heterocycles. The van der Waals surface area contributed by atoms with Crippen LogP contribution in [0.5, 0.6) is 0 Å². The van der Waals surface area contributed by atoms with E-state index in [1.165, 1.54) is 5.56 Å². The van der Waals surface area contributed by atoms with E-state index in [1.807, 2.05) is 25.6 Å². The van der Waals surface area contributed by atoms with E-state index in [2.05, 4.69) is 49.7 Å². The number of anilines is 1. The van der Waals surface area contributed by atoms with Crippen LogP contribution in [0.25, 0.3) is 11.3 Å². The molecule has 1 atom stereocenters. The molecule has 3 aromatic rings. The third-order valence-corrected chi connectivity index (χ3v) is 5.38. The van der Waals surface area contributed by atoms with Crippen LogP contribution < -0.4 is 10.2 Å². The molecular formula is C19H24N6OS. The van der Waals surface area contributed by atoms with Crippen LogP contribution in [0.15, 0.2) is 36.1 Å². The summed E-state index contributed by atoms with van der Waals surface area (Å²) in [4.78, 5) is 11.6. The molecule has 0 unspecified atom stereocenters. The first-order valence-electron chi connectivity index (χ1n) is 9.13. The molecule has 142 valence electrons. The van der Waals surface area contributed by atoms with Gasteiger partial charge in [0.2, 0.25) is 0 Å². The molecule has 1 aliphatic rings. The molecule has 0 radical (unpaired) electrons. The predicted octanol–water partition coefficient (Wildman–Crippen LogP) is 2.45. The summed E-state index contributed by atoms with van der Waals surface area (Å²) in [7, 11) is 1.91. The highest BCUT2D eigenvalue weighted by atomic mass is 32.1. The smallest absolute Gasteiger partial charge is 0.128 e. The van der Waals surface area contributed by atoms with Gasteiger partial charge in [0, 0.05) is 56.6 Å². The molecule has 3 aromatic heterocycles. The Morgan fingerprint density at radius 1 is 1.30 bits per heavy atom. The van der Waals surface area contributed by atoms with Crippen molar-refractivity contribution in [1.29, 1.82) is 0 Å². The van der Waals surface area contributed by atoms with Gasteiger partial charge >= 0.3 is 0 Å². The Morgan fingerprint density at radius 2 is 2.22 bits per heavy atom. The highest BCUT2D eigenvalue weighted by molar-refractivity contribution is 7.09. The third-order valence-electron chi connectivity index (χ3n) is 4.53. The molecule has 1 saturated heterocycles. The summed E-state index contributed by atoms with van der Waals surface area (Å²) < 4.78 is 7.38. The zero-order valence-electron chi connectivity index (χ0n) is 15.6. The molecular weight excluding hydrogens is 360 g/mol. The summed E-state index contributed by atoms with van der Waals surface area (Å²) in [5, 5.41) is 10.8. The number of pyridine rings is 1. The van der Waals surface area contributed by atoms with Crippen LogP contribution in [0, 0.1) is 0 Å². The van der Waals surface area contributed by atoms with E-state index in [1.54, 1.807) is 16.0 Å². The van der Waals surface area contributed by atoms with Crippen LogP contribution in [-0.4, -0.2) is 45.5 Å². The van der Waals surface area contributed by atoms with Crippen molar-refractivity contribution < 1.29 is 4.74 Å². The molecule has 8 heteroatoms. The highest BCUT2D eigenvalue weighted by Gasteiger charge is 2.17. The van der Waals surface area contributed by atoms with Crippen molar-refractivity contribution in [1.82, 2.24) is 25.1 Å². The van der Waals surface area contributed by atoms with Crippen LogP contribution in [0.2, 0.25) is 0 Å². The van der Waals surface area contributed by atoms with Gasteiger partial charge in [-0.3, -0.25) is 4.68 Å². The fourth-order valence-corrected chi connectivity index (χ4v) is 3.90. The van der Waals surface area contributed by atoms with Crippen molar-refractivity contribution in [2.45, 2.75) is 26.1 Å². The van der Waals surface area contributed by atoms with Gasteiger partial charge in [0.05, 0.1) is 24.6 Å². The maximum absolute atomic E-state index is 5.59. The zero-order valence-corrected chi connectivity index (χ0v) is 16.4. The molecule has 1 fully saturated rings. The lowest BCUT2D eigenvalue weighted by Crippen LogP contribution is -2.41. The number of rotatable bonds is 6. The van der Waals surface area contributed by atoms with Gasteiger partial charge in [0.15, 0.2) is 0 Å². The lowest BCUT2D eigenvalue weighted by Gasteiger charge is -2.32. The van der Waals surface area contributed by atoms with E-state index in [0.717, 1.165) is 54.9 Å². The lowest BCUT2D eigenvalue weighted by atomic mass is 10.2. The number of hydrogen-bond acceptors (Lipinski definition) is 7. The third kappa shape index (κ3) is 4.52.